The highest BCUT2D eigenvalue weighted by atomic mass is 35.5. The molecule has 0 spiro atoms. The molecule has 1 amide bonds. The number of nitrogens with one attached hydrogen (secondary N) is 1. The first kappa shape index (κ1) is 25.4. The van der Waals surface area contributed by atoms with Gasteiger partial charge in [-0.15, -0.1) is 0 Å². The van der Waals surface area contributed by atoms with Gasteiger partial charge in [0.2, 0.25) is 0 Å². The van der Waals surface area contributed by atoms with Gasteiger partial charge >= 0.3 is 6.16 Å². The van der Waals surface area contributed by atoms with Crippen molar-refractivity contribution in [3.8, 4) is 0 Å². The quantitative estimate of drug-likeness (QED) is 0.410. The number of nitrogens with zero attached hydrogens (tertiary/aromatic N) is 1. The van der Waals surface area contributed by atoms with E-state index in [1.807, 2.05) is 0 Å². The van der Waals surface area contributed by atoms with Crippen LogP contribution < -0.4 is 5.32 Å². The Bertz CT molecular complexity index is 790. The van der Waals surface area contributed by atoms with Crippen LogP contribution in [0.5, 0.6) is 0 Å². The fraction of sp³-hybridized carbons (Fsp3) is 0.529. The highest BCUT2D eigenvalue weighted by molar-refractivity contribution is 7.90. The maximum atomic E-state index is 13.7. The molecule has 8 nitrogen and oxygen atoms in total. The number of benzene rings is 1. The molecule has 0 aliphatic rings. The number of hydrogen-bond acceptors (Lipinski definition) is 7. The lowest BCUT2D eigenvalue weighted by Crippen LogP contribution is -2.44. The molecule has 164 valence electrons. The number of halogens is 3. The molecule has 0 aliphatic carbocycles. The van der Waals surface area contributed by atoms with Crippen LogP contribution in [0.1, 0.15) is 11.7 Å². The Morgan fingerprint density at radius 2 is 1.79 bits per heavy atom. The van der Waals surface area contributed by atoms with Crippen molar-refractivity contribution in [1.82, 2.24) is 10.2 Å². The van der Waals surface area contributed by atoms with Gasteiger partial charge in [0.25, 0.3) is 5.91 Å². The number of ether oxygens (including phenoxy) is 2. The first-order valence-corrected chi connectivity index (χ1v) is 11.1. The number of hydrogen-bond donors (Lipinski definition) is 1. The zero-order valence-corrected chi connectivity index (χ0v) is 18.4. The number of alkyl halides is 3. The Kier molecular flexibility index (Phi) is 10.1. The van der Waals surface area contributed by atoms with Gasteiger partial charge in [-0.2, -0.15) is 0 Å². The predicted octanol–water partition coefficient (Wildman–Crippen LogP) is 2.10. The summed E-state index contributed by atoms with van der Waals surface area (Å²) < 4.78 is 47.0. The summed E-state index contributed by atoms with van der Waals surface area (Å²) >= 11 is 11.0. The zero-order chi connectivity index (χ0) is 22.2. The van der Waals surface area contributed by atoms with E-state index in [4.69, 9.17) is 32.7 Å². The molecule has 1 rings (SSSR count). The van der Waals surface area contributed by atoms with E-state index < -0.39 is 45.6 Å². The minimum atomic E-state index is -3.46. The van der Waals surface area contributed by atoms with Crippen LogP contribution in [0.15, 0.2) is 29.2 Å². The van der Waals surface area contributed by atoms with Crippen LogP contribution >= 0.6 is 23.2 Å². The standard InChI is InChI=1S/C17H23Cl2FN2O6S/c1-22(2)8-9-27-17(24)28-14(13(10-20)21-16(23)15(18)19)11-4-6-12(7-5-11)29(3,25)26/h4-7,13-15H,8-10H2,1-3H3,(H,21,23)/t13-,14-/m1/s1. The van der Waals surface area contributed by atoms with Gasteiger partial charge < -0.3 is 19.7 Å². The van der Waals surface area contributed by atoms with Gasteiger partial charge in [-0.3, -0.25) is 4.79 Å². The van der Waals surface area contributed by atoms with Crippen LogP contribution in [0.3, 0.4) is 0 Å². The van der Waals surface area contributed by atoms with Gasteiger partial charge in [-0.1, -0.05) is 35.3 Å². The summed E-state index contributed by atoms with van der Waals surface area (Å²) in [6.45, 7) is -0.647. The van der Waals surface area contributed by atoms with Crippen molar-refractivity contribution < 1.29 is 31.9 Å². The van der Waals surface area contributed by atoms with E-state index in [9.17, 15) is 22.4 Å². The molecule has 0 unspecified atom stereocenters. The van der Waals surface area contributed by atoms with Gasteiger partial charge in [0.15, 0.2) is 20.8 Å². The predicted molar refractivity (Wildman–Crippen MR) is 107 cm³/mol. The minimum Gasteiger partial charge on any atom is -0.433 e. The maximum absolute atomic E-state index is 13.7. The largest absolute Gasteiger partial charge is 0.509 e. The van der Waals surface area contributed by atoms with Crippen molar-refractivity contribution >= 4 is 45.1 Å². The first-order chi connectivity index (χ1) is 13.5. The molecule has 1 aromatic carbocycles. The molecular formula is C17H23Cl2FN2O6S. The molecule has 0 saturated carbocycles. The SMILES string of the molecule is CN(C)CCOC(=O)O[C@H](c1ccc(S(C)(=O)=O)cc1)[C@@H](CF)NC(=O)C(Cl)Cl. The molecule has 0 heterocycles. The van der Waals surface area contributed by atoms with Crippen LogP contribution in [-0.2, 0) is 24.1 Å². The van der Waals surface area contributed by atoms with Gasteiger partial charge in [0, 0.05) is 12.8 Å². The Balaban J connectivity index is 3.09. The van der Waals surface area contributed by atoms with Gasteiger partial charge in [0.1, 0.15) is 13.3 Å². The number of sulfone groups is 1. The van der Waals surface area contributed by atoms with Gasteiger partial charge in [0.05, 0.1) is 10.9 Å². The summed E-state index contributed by atoms with van der Waals surface area (Å²) in [5.74, 6) is -0.877. The lowest BCUT2D eigenvalue weighted by Gasteiger charge is -2.26. The van der Waals surface area contributed by atoms with Crippen LogP contribution in [0.25, 0.3) is 0 Å². The first-order valence-electron chi connectivity index (χ1n) is 8.38. The van der Waals surface area contributed by atoms with Crippen LogP contribution in [-0.4, -0.2) is 76.4 Å². The fourth-order valence-electron chi connectivity index (χ4n) is 2.18. The molecule has 1 N–H and O–H groups in total. The molecule has 0 aromatic heterocycles. The molecule has 0 saturated heterocycles. The molecule has 0 aliphatic heterocycles. The van der Waals surface area contributed by atoms with Crippen molar-refractivity contribution in [1.29, 1.82) is 0 Å². The minimum absolute atomic E-state index is 0.0240. The Hall–Kier alpha value is -1.62. The molecule has 0 bridgehead atoms. The average molecular weight is 473 g/mol. The maximum Gasteiger partial charge on any atom is 0.509 e. The Morgan fingerprint density at radius 3 is 2.24 bits per heavy atom. The number of rotatable bonds is 10. The second kappa shape index (κ2) is 11.5. The molecule has 2 atom stereocenters. The van der Waals surface area contributed by atoms with E-state index in [0.29, 0.717) is 6.54 Å². The zero-order valence-electron chi connectivity index (χ0n) is 16.1. The third-order valence-electron chi connectivity index (χ3n) is 3.68. The lowest BCUT2D eigenvalue weighted by molar-refractivity contribution is -0.121. The van der Waals surface area contributed by atoms with E-state index in [1.54, 1.807) is 19.0 Å². The molecular weight excluding hydrogens is 450 g/mol. The van der Waals surface area contributed by atoms with Crippen molar-refractivity contribution in [3.63, 3.8) is 0 Å². The Morgan fingerprint density at radius 1 is 1.21 bits per heavy atom. The van der Waals surface area contributed by atoms with Gasteiger partial charge in [-0.25, -0.2) is 17.6 Å². The number of amides is 1. The Labute approximate surface area is 179 Å². The summed E-state index contributed by atoms with van der Waals surface area (Å²) in [6.07, 6.45) is -1.36. The second-order valence-electron chi connectivity index (χ2n) is 6.35. The summed E-state index contributed by atoms with van der Waals surface area (Å²) in [4.78, 5) is 24.1. The third-order valence-corrected chi connectivity index (χ3v) is 5.20. The summed E-state index contributed by atoms with van der Waals surface area (Å²) in [7, 11) is 0.104. The summed E-state index contributed by atoms with van der Waals surface area (Å²) in [5.41, 5.74) is 0.241. The van der Waals surface area contributed by atoms with Crippen molar-refractivity contribution in [2.75, 3.05) is 40.2 Å². The molecule has 12 heteroatoms. The van der Waals surface area contributed by atoms with E-state index in [0.717, 1.165) is 6.26 Å². The molecule has 0 radical (unpaired) electrons. The van der Waals surface area contributed by atoms with E-state index in [2.05, 4.69) is 5.32 Å². The second-order valence-corrected chi connectivity index (χ2v) is 9.46. The smallest absolute Gasteiger partial charge is 0.433 e. The average Bonchev–Trinajstić information content (AvgIpc) is 2.63. The normalized spacial score (nSPS) is 13.8. The number of carbonyl (C=O) groups is 2. The van der Waals surface area contributed by atoms with E-state index >= 15 is 0 Å². The number of carbonyl (C=O) groups excluding carboxylic acids is 2. The fourth-order valence-corrected chi connectivity index (χ4v) is 2.93. The highest BCUT2D eigenvalue weighted by Crippen LogP contribution is 2.25. The van der Waals surface area contributed by atoms with Crippen molar-refractivity contribution in [2.45, 2.75) is 21.9 Å². The van der Waals surface area contributed by atoms with Crippen LogP contribution in [0, 0.1) is 0 Å². The molecule has 29 heavy (non-hydrogen) atoms. The summed E-state index contributed by atoms with van der Waals surface area (Å²) in [6, 6.07) is 3.93. The van der Waals surface area contributed by atoms with Crippen molar-refractivity contribution in [3.05, 3.63) is 29.8 Å². The molecule has 1 aromatic rings. The van der Waals surface area contributed by atoms with E-state index in [-0.39, 0.29) is 17.1 Å². The summed E-state index contributed by atoms with van der Waals surface area (Å²) in [5, 5.41) is 2.25. The lowest BCUT2D eigenvalue weighted by atomic mass is 10.0. The van der Waals surface area contributed by atoms with Gasteiger partial charge in [-0.05, 0) is 31.8 Å². The topological polar surface area (TPSA) is 102 Å². The third kappa shape index (κ3) is 8.73. The van der Waals surface area contributed by atoms with Crippen LogP contribution in [0.4, 0.5) is 9.18 Å². The monoisotopic (exact) mass is 472 g/mol. The van der Waals surface area contributed by atoms with E-state index in [1.165, 1.54) is 24.3 Å². The highest BCUT2D eigenvalue weighted by Gasteiger charge is 2.31. The van der Waals surface area contributed by atoms with Crippen LogP contribution in [0.2, 0.25) is 0 Å². The molecule has 0 fully saturated rings. The van der Waals surface area contributed by atoms with Crippen molar-refractivity contribution in [2.24, 2.45) is 0 Å². The number of likely N-dealkylation sites (N-methyl/N-ethyl adjacent to an activating group) is 1.